The molecule has 3 atom stereocenters. The highest BCUT2D eigenvalue weighted by Gasteiger charge is 2.36. The van der Waals surface area contributed by atoms with Crippen molar-refractivity contribution in [1.82, 2.24) is 13.9 Å². The molecule has 2 fully saturated rings. The van der Waals surface area contributed by atoms with Crippen LogP contribution in [0, 0.1) is 11.8 Å². The fraction of sp³-hybridized carbons (Fsp3) is 1.00. The lowest BCUT2D eigenvalue weighted by Crippen LogP contribution is -2.56. The summed E-state index contributed by atoms with van der Waals surface area (Å²) < 4.78 is 28.5. The third-order valence-corrected chi connectivity index (χ3v) is 5.75. The van der Waals surface area contributed by atoms with Gasteiger partial charge in [0.1, 0.15) is 0 Å². The van der Waals surface area contributed by atoms with Crippen molar-refractivity contribution in [2.45, 2.75) is 33.2 Å². The molecule has 0 saturated carbocycles. The van der Waals surface area contributed by atoms with Crippen LogP contribution >= 0.6 is 12.4 Å². The van der Waals surface area contributed by atoms with Gasteiger partial charge in [-0.2, -0.15) is 17.0 Å². The summed E-state index contributed by atoms with van der Waals surface area (Å²) in [7, 11) is -3.26. The van der Waals surface area contributed by atoms with Crippen molar-refractivity contribution >= 4 is 22.6 Å². The Labute approximate surface area is 123 Å². The molecule has 0 radical (unpaired) electrons. The third kappa shape index (κ3) is 4.04. The Kier molecular flexibility index (Phi) is 6.07. The topological polar surface area (TPSA) is 52.7 Å². The van der Waals surface area contributed by atoms with Crippen LogP contribution in [0.4, 0.5) is 0 Å². The van der Waals surface area contributed by atoms with Crippen molar-refractivity contribution in [3.63, 3.8) is 0 Å². The van der Waals surface area contributed by atoms with Gasteiger partial charge in [-0.15, -0.1) is 12.4 Å². The van der Waals surface area contributed by atoms with E-state index in [1.54, 1.807) is 8.61 Å². The van der Waals surface area contributed by atoms with Crippen LogP contribution < -0.4 is 5.32 Å². The average molecular weight is 312 g/mol. The largest absolute Gasteiger partial charge is 0.312 e. The first-order valence-corrected chi connectivity index (χ1v) is 8.28. The van der Waals surface area contributed by atoms with Crippen molar-refractivity contribution in [3.8, 4) is 0 Å². The van der Waals surface area contributed by atoms with Gasteiger partial charge in [-0.05, 0) is 25.2 Å². The lowest BCUT2D eigenvalue weighted by atomic mass is 9.94. The normalized spacial score (nSPS) is 34.8. The molecule has 19 heavy (non-hydrogen) atoms. The number of piperazine rings is 1. The standard InChI is InChI=1S/C12H25N3O2S.ClH/c1-10-6-11(2)8-15(7-10)18(16,17)14-5-4-13-12(3)9-14;/h10-13H,4-9H2,1-3H3;1H. The van der Waals surface area contributed by atoms with E-state index in [-0.39, 0.29) is 18.4 Å². The van der Waals surface area contributed by atoms with E-state index >= 15 is 0 Å². The van der Waals surface area contributed by atoms with Crippen molar-refractivity contribution in [1.29, 1.82) is 0 Å². The molecule has 5 nitrogen and oxygen atoms in total. The molecule has 7 heteroatoms. The Morgan fingerprint density at radius 3 is 2.11 bits per heavy atom. The number of piperidine rings is 1. The van der Waals surface area contributed by atoms with Crippen LogP contribution in [-0.2, 0) is 10.2 Å². The summed E-state index contributed by atoms with van der Waals surface area (Å²) in [5, 5.41) is 3.28. The Balaban J connectivity index is 0.00000180. The van der Waals surface area contributed by atoms with Gasteiger partial charge in [0.15, 0.2) is 0 Å². The van der Waals surface area contributed by atoms with Gasteiger partial charge in [0, 0.05) is 38.8 Å². The van der Waals surface area contributed by atoms with Crippen LogP contribution in [0.25, 0.3) is 0 Å². The molecular weight excluding hydrogens is 286 g/mol. The molecule has 2 aliphatic heterocycles. The minimum absolute atomic E-state index is 0. The average Bonchev–Trinajstić information content (AvgIpc) is 2.27. The Hall–Kier alpha value is 0.120. The number of hydrogen-bond donors (Lipinski definition) is 1. The fourth-order valence-electron chi connectivity index (χ4n) is 3.06. The molecule has 2 rings (SSSR count). The van der Waals surface area contributed by atoms with Gasteiger partial charge >= 0.3 is 0 Å². The molecular formula is C12H26ClN3O2S. The molecule has 2 aliphatic rings. The van der Waals surface area contributed by atoms with Crippen LogP contribution in [0.3, 0.4) is 0 Å². The third-order valence-electron chi connectivity index (χ3n) is 3.82. The Morgan fingerprint density at radius 2 is 1.58 bits per heavy atom. The summed E-state index contributed by atoms with van der Waals surface area (Å²) in [6, 6.07) is 0.244. The van der Waals surface area contributed by atoms with E-state index in [2.05, 4.69) is 19.2 Å². The molecule has 0 bridgehead atoms. The highest BCUT2D eigenvalue weighted by atomic mass is 35.5. The molecule has 114 valence electrons. The Bertz CT molecular complexity index is 380. The van der Waals surface area contributed by atoms with Crippen molar-refractivity contribution < 1.29 is 8.42 Å². The van der Waals surface area contributed by atoms with Gasteiger partial charge in [-0.25, -0.2) is 0 Å². The minimum Gasteiger partial charge on any atom is -0.312 e. The first kappa shape index (κ1) is 17.2. The number of nitrogens with one attached hydrogen (secondary N) is 1. The van der Waals surface area contributed by atoms with E-state index in [1.165, 1.54) is 0 Å². The molecule has 0 aliphatic carbocycles. The van der Waals surface area contributed by atoms with E-state index in [0.29, 0.717) is 38.0 Å². The summed E-state index contributed by atoms with van der Waals surface area (Å²) in [6.45, 7) is 9.57. The zero-order valence-corrected chi connectivity index (χ0v) is 13.6. The van der Waals surface area contributed by atoms with Gasteiger partial charge < -0.3 is 5.32 Å². The van der Waals surface area contributed by atoms with Crippen LogP contribution in [0.1, 0.15) is 27.2 Å². The highest BCUT2D eigenvalue weighted by molar-refractivity contribution is 7.86. The quantitative estimate of drug-likeness (QED) is 0.825. The summed E-state index contributed by atoms with van der Waals surface area (Å²) >= 11 is 0. The molecule has 2 heterocycles. The van der Waals surface area contributed by atoms with Crippen LogP contribution in [-0.4, -0.2) is 55.8 Å². The fourth-order valence-corrected chi connectivity index (χ4v) is 5.01. The molecule has 0 aromatic carbocycles. The first-order chi connectivity index (χ1) is 8.39. The van der Waals surface area contributed by atoms with Gasteiger partial charge in [-0.3, -0.25) is 0 Å². The number of nitrogens with zero attached hydrogens (tertiary/aromatic N) is 2. The molecule has 0 spiro atoms. The summed E-state index contributed by atoms with van der Waals surface area (Å²) in [5.74, 6) is 0.924. The highest BCUT2D eigenvalue weighted by Crippen LogP contribution is 2.25. The lowest BCUT2D eigenvalue weighted by molar-refractivity contribution is 0.201. The van der Waals surface area contributed by atoms with E-state index in [9.17, 15) is 8.42 Å². The van der Waals surface area contributed by atoms with Crippen molar-refractivity contribution in [2.75, 3.05) is 32.7 Å². The van der Waals surface area contributed by atoms with Crippen molar-refractivity contribution in [2.24, 2.45) is 11.8 Å². The molecule has 1 N–H and O–H groups in total. The van der Waals surface area contributed by atoms with E-state index < -0.39 is 10.2 Å². The van der Waals surface area contributed by atoms with Crippen LogP contribution in [0.2, 0.25) is 0 Å². The van der Waals surface area contributed by atoms with Gasteiger partial charge in [0.25, 0.3) is 10.2 Å². The summed E-state index contributed by atoms with van der Waals surface area (Å²) in [4.78, 5) is 0. The molecule has 0 aromatic rings. The van der Waals surface area contributed by atoms with Gasteiger partial charge in [0.05, 0.1) is 0 Å². The number of rotatable bonds is 2. The second kappa shape index (κ2) is 6.72. The second-order valence-electron chi connectivity index (χ2n) is 5.98. The maximum absolute atomic E-state index is 12.6. The van der Waals surface area contributed by atoms with E-state index in [0.717, 1.165) is 13.0 Å². The van der Waals surface area contributed by atoms with Crippen LogP contribution in [0.5, 0.6) is 0 Å². The van der Waals surface area contributed by atoms with Crippen LogP contribution in [0.15, 0.2) is 0 Å². The zero-order chi connectivity index (χ0) is 13.3. The minimum atomic E-state index is -3.26. The van der Waals surface area contributed by atoms with Crippen molar-refractivity contribution in [3.05, 3.63) is 0 Å². The first-order valence-electron chi connectivity index (χ1n) is 6.88. The lowest BCUT2D eigenvalue weighted by Gasteiger charge is -2.39. The molecule has 0 amide bonds. The maximum atomic E-state index is 12.6. The number of halogens is 1. The van der Waals surface area contributed by atoms with Gasteiger partial charge in [0.2, 0.25) is 0 Å². The summed E-state index contributed by atoms with van der Waals surface area (Å²) in [5.41, 5.74) is 0. The second-order valence-corrected chi connectivity index (χ2v) is 7.91. The maximum Gasteiger partial charge on any atom is 0.282 e. The Morgan fingerprint density at radius 1 is 1.00 bits per heavy atom. The summed E-state index contributed by atoms with van der Waals surface area (Å²) in [6.07, 6.45) is 1.13. The van der Waals surface area contributed by atoms with E-state index in [1.807, 2.05) is 6.92 Å². The monoisotopic (exact) mass is 311 g/mol. The zero-order valence-electron chi connectivity index (χ0n) is 12.0. The van der Waals surface area contributed by atoms with E-state index in [4.69, 9.17) is 0 Å². The molecule has 2 saturated heterocycles. The number of hydrogen-bond acceptors (Lipinski definition) is 3. The molecule has 0 aromatic heterocycles. The van der Waals surface area contributed by atoms with Gasteiger partial charge in [-0.1, -0.05) is 13.8 Å². The predicted molar refractivity (Wildman–Crippen MR) is 79.7 cm³/mol. The SMILES string of the molecule is CC1CC(C)CN(S(=O)(=O)N2CCNC(C)C2)C1.Cl. The smallest absolute Gasteiger partial charge is 0.282 e. The molecule has 3 unspecified atom stereocenters. The predicted octanol–water partition coefficient (Wildman–Crippen LogP) is 0.925.